The standard InChI is InChI=1S/C16H24Br2N2/c1-3-9-20-10-5-6-13(11-20)12(2)19-16-14(17)7-4-8-15(16)18/h4,7-8,12-13,19H,3,5-6,9-11H2,1-2H3. The summed E-state index contributed by atoms with van der Waals surface area (Å²) in [5.74, 6) is 0.731. The van der Waals surface area contributed by atoms with Crippen molar-refractivity contribution in [2.45, 2.75) is 39.2 Å². The van der Waals surface area contributed by atoms with Gasteiger partial charge in [-0.1, -0.05) is 13.0 Å². The van der Waals surface area contributed by atoms with E-state index in [9.17, 15) is 0 Å². The van der Waals surface area contributed by atoms with E-state index in [1.807, 2.05) is 6.07 Å². The van der Waals surface area contributed by atoms with Crippen LogP contribution in [0.5, 0.6) is 0 Å². The molecule has 2 nitrogen and oxygen atoms in total. The molecule has 1 aromatic carbocycles. The summed E-state index contributed by atoms with van der Waals surface area (Å²) in [5.41, 5.74) is 1.17. The van der Waals surface area contributed by atoms with Crippen LogP contribution in [0.3, 0.4) is 0 Å². The third-order valence-corrected chi connectivity index (χ3v) is 5.45. The lowest BCUT2D eigenvalue weighted by Gasteiger charge is -2.36. The number of hydrogen-bond acceptors (Lipinski definition) is 2. The maximum atomic E-state index is 3.69. The average molecular weight is 404 g/mol. The van der Waals surface area contributed by atoms with Crippen molar-refractivity contribution in [1.29, 1.82) is 0 Å². The summed E-state index contributed by atoms with van der Waals surface area (Å²) >= 11 is 7.27. The number of anilines is 1. The van der Waals surface area contributed by atoms with Crippen molar-refractivity contribution in [2.24, 2.45) is 5.92 Å². The van der Waals surface area contributed by atoms with Crippen LogP contribution in [0.25, 0.3) is 0 Å². The minimum Gasteiger partial charge on any atom is -0.380 e. The van der Waals surface area contributed by atoms with Gasteiger partial charge in [-0.25, -0.2) is 0 Å². The maximum absolute atomic E-state index is 3.69. The molecule has 0 bridgehead atoms. The number of piperidine rings is 1. The predicted octanol–water partition coefficient (Wildman–Crippen LogP) is 5.13. The summed E-state index contributed by atoms with van der Waals surface area (Å²) in [4.78, 5) is 2.61. The normalized spacial score (nSPS) is 21.7. The zero-order valence-corrected chi connectivity index (χ0v) is 15.5. The molecule has 0 saturated carbocycles. The number of nitrogens with one attached hydrogen (secondary N) is 1. The van der Waals surface area contributed by atoms with Gasteiger partial charge in [0.1, 0.15) is 0 Å². The van der Waals surface area contributed by atoms with Crippen molar-refractivity contribution in [2.75, 3.05) is 25.0 Å². The number of rotatable bonds is 5. The molecule has 2 atom stereocenters. The van der Waals surface area contributed by atoms with Crippen LogP contribution < -0.4 is 5.32 Å². The Hall–Kier alpha value is -0.0600. The van der Waals surface area contributed by atoms with Crippen LogP contribution in [-0.2, 0) is 0 Å². The molecule has 20 heavy (non-hydrogen) atoms. The van der Waals surface area contributed by atoms with E-state index in [2.05, 4.69) is 68.1 Å². The van der Waals surface area contributed by atoms with Crippen LogP contribution in [0, 0.1) is 5.92 Å². The summed E-state index contributed by atoms with van der Waals surface area (Å²) in [6.07, 6.45) is 3.91. The Bertz CT molecular complexity index is 414. The summed E-state index contributed by atoms with van der Waals surface area (Å²) < 4.78 is 2.25. The van der Waals surface area contributed by atoms with Gasteiger partial charge in [-0.15, -0.1) is 0 Å². The first-order chi connectivity index (χ1) is 9.61. The van der Waals surface area contributed by atoms with E-state index in [0.29, 0.717) is 6.04 Å². The molecule has 1 N–H and O–H groups in total. The molecule has 112 valence electrons. The lowest BCUT2D eigenvalue weighted by molar-refractivity contribution is 0.165. The molecular formula is C16H24Br2N2. The smallest absolute Gasteiger partial charge is 0.0631 e. The predicted molar refractivity (Wildman–Crippen MR) is 94.4 cm³/mol. The molecule has 2 unspecified atom stereocenters. The van der Waals surface area contributed by atoms with Gasteiger partial charge in [-0.3, -0.25) is 0 Å². The fourth-order valence-corrected chi connectivity index (χ4v) is 4.23. The summed E-state index contributed by atoms with van der Waals surface area (Å²) in [5, 5.41) is 3.69. The molecule has 1 aliphatic heterocycles. The van der Waals surface area contributed by atoms with E-state index in [1.165, 1.54) is 44.6 Å². The summed E-state index contributed by atoms with van der Waals surface area (Å²) in [6.45, 7) is 8.32. The first-order valence-electron chi connectivity index (χ1n) is 7.54. The number of halogens is 2. The SMILES string of the molecule is CCCN1CCCC(C(C)Nc2c(Br)cccc2Br)C1. The highest BCUT2D eigenvalue weighted by atomic mass is 79.9. The second kappa shape index (κ2) is 7.81. The molecule has 0 radical (unpaired) electrons. The molecule has 2 rings (SSSR count). The van der Waals surface area contributed by atoms with Gasteiger partial charge < -0.3 is 10.2 Å². The largest absolute Gasteiger partial charge is 0.380 e. The molecule has 1 fully saturated rings. The Morgan fingerprint density at radius 3 is 2.70 bits per heavy atom. The van der Waals surface area contributed by atoms with Gasteiger partial charge in [0, 0.05) is 21.5 Å². The Balaban J connectivity index is 1.99. The van der Waals surface area contributed by atoms with Crippen molar-refractivity contribution in [3.8, 4) is 0 Å². The van der Waals surface area contributed by atoms with Crippen molar-refractivity contribution >= 4 is 37.5 Å². The molecule has 0 spiro atoms. The van der Waals surface area contributed by atoms with E-state index in [4.69, 9.17) is 0 Å². The Kier molecular flexibility index (Phi) is 6.37. The van der Waals surface area contributed by atoms with Crippen LogP contribution in [-0.4, -0.2) is 30.6 Å². The van der Waals surface area contributed by atoms with Gasteiger partial charge in [-0.05, 0) is 89.2 Å². The van der Waals surface area contributed by atoms with Gasteiger partial charge in [0.15, 0.2) is 0 Å². The molecule has 1 aliphatic rings. The minimum absolute atomic E-state index is 0.490. The Morgan fingerprint density at radius 1 is 1.35 bits per heavy atom. The number of benzene rings is 1. The highest BCUT2D eigenvalue weighted by Gasteiger charge is 2.24. The zero-order valence-electron chi connectivity index (χ0n) is 12.3. The van der Waals surface area contributed by atoms with Crippen LogP contribution in [0.1, 0.15) is 33.1 Å². The number of nitrogens with zero attached hydrogens (tertiary/aromatic N) is 1. The Morgan fingerprint density at radius 2 is 2.05 bits per heavy atom. The fraction of sp³-hybridized carbons (Fsp3) is 0.625. The molecule has 4 heteroatoms. The van der Waals surface area contributed by atoms with Crippen LogP contribution in [0.2, 0.25) is 0 Å². The van der Waals surface area contributed by atoms with Crippen molar-refractivity contribution in [3.05, 3.63) is 27.1 Å². The maximum Gasteiger partial charge on any atom is 0.0631 e. The second-order valence-electron chi connectivity index (χ2n) is 5.73. The highest BCUT2D eigenvalue weighted by Crippen LogP contribution is 2.32. The zero-order chi connectivity index (χ0) is 14.5. The fourth-order valence-electron chi connectivity index (χ4n) is 3.00. The number of likely N-dealkylation sites (tertiary alicyclic amines) is 1. The average Bonchev–Trinajstić information content (AvgIpc) is 2.43. The van der Waals surface area contributed by atoms with E-state index >= 15 is 0 Å². The van der Waals surface area contributed by atoms with E-state index in [0.717, 1.165) is 14.9 Å². The molecule has 0 aromatic heterocycles. The summed E-state index contributed by atoms with van der Waals surface area (Å²) in [6, 6.07) is 6.71. The third kappa shape index (κ3) is 4.22. The van der Waals surface area contributed by atoms with Crippen molar-refractivity contribution in [1.82, 2.24) is 4.90 Å². The highest BCUT2D eigenvalue weighted by molar-refractivity contribution is 9.11. The quantitative estimate of drug-likeness (QED) is 0.732. The lowest BCUT2D eigenvalue weighted by Crippen LogP contribution is -2.42. The first kappa shape index (κ1) is 16.3. The van der Waals surface area contributed by atoms with E-state index in [-0.39, 0.29) is 0 Å². The van der Waals surface area contributed by atoms with Gasteiger partial charge in [0.2, 0.25) is 0 Å². The van der Waals surface area contributed by atoms with Gasteiger partial charge >= 0.3 is 0 Å². The molecular weight excluding hydrogens is 380 g/mol. The monoisotopic (exact) mass is 402 g/mol. The minimum atomic E-state index is 0.490. The molecule has 0 aliphatic carbocycles. The van der Waals surface area contributed by atoms with E-state index in [1.54, 1.807) is 0 Å². The van der Waals surface area contributed by atoms with E-state index < -0.39 is 0 Å². The molecule has 1 aromatic rings. The third-order valence-electron chi connectivity index (χ3n) is 4.12. The van der Waals surface area contributed by atoms with Crippen molar-refractivity contribution in [3.63, 3.8) is 0 Å². The molecule has 1 saturated heterocycles. The Labute approximate surface area is 139 Å². The van der Waals surface area contributed by atoms with Crippen molar-refractivity contribution < 1.29 is 0 Å². The molecule has 1 heterocycles. The molecule has 0 amide bonds. The number of para-hydroxylation sites is 1. The lowest BCUT2D eigenvalue weighted by atomic mass is 9.91. The topological polar surface area (TPSA) is 15.3 Å². The second-order valence-corrected chi connectivity index (χ2v) is 7.44. The summed E-state index contributed by atoms with van der Waals surface area (Å²) in [7, 11) is 0. The number of hydrogen-bond donors (Lipinski definition) is 1. The first-order valence-corrected chi connectivity index (χ1v) is 9.13. The van der Waals surface area contributed by atoms with Crippen LogP contribution in [0.4, 0.5) is 5.69 Å². The van der Waals surface area contributed by atoms with Gasteiger partial charge in [0.25, 0.3) is 0 Å². The van der Waals surface area contributed by atoms with Gasteiger partial charge in [-0.2, -0.15) is 0 Å². The van der Waals surface area contributed by atoms with Crippen LogP contribution >= 0.6 is 31.9 Å². The van der Waals surface area contributed by atoms with Crippen LogP contribution in [0.15, 0.2) is 27.1 Å². The van der Waals surface area contributed by atoms with Gasteiger partial charge in [0.05, 0.1) is 5.69 Å².